The van der Waals surface area contributed by atoms with Crippen LogP contribution in [0.3, 0.4) is 0 Å². The average molecular weight is 671 g/mol. The van der Waals surface area contributed by atoms with Crippen LogP contribution in [0.2, 0.25) is 0 Å². The van der Waals surface area contributed by atoms with E-state index in [1.54, 1.807) is 0 Å². The minimum absolute atomic E-state index is 0.141. The van der Waals surface area contributed by atoms with Gasteiger partial charge in [-0.15, -0.1) is 0 Å². The van der Waals surface area contributed by atoms with Gasteiger partial charge in [0, 0.05) is 28.4 Å². The Kier molecular flexibility index (Phi) is 38.0. The quantitative estimate of drug-likeness (QED) is 0.100. The smallest absolute Gasteiger partial charge is 0.330 e. The second-order valence-electron chi connectivity index (χ2n) is 9.33. The van der Waals surface area contributed by atoms with Crippen molar-refractivity contribution < 1.29 is 84.9 Å². The SMILES string of the molecule is C=C(C)C(=O)O.C=C(C)C(=O)O.C=C(C)C(=O)O.C=C(C)C(=O)O.C=CC(=O)O.OCC(CO)(CO)COCC(CO)(CO)CO. The van der Waals surface area contributed by atoms with E-state index in [9.17, 15) is 24.0 Å². The number of hydrogen-bond donors (Lipinski definition) is 11. The molecule has 0 spiro atoms. The molecule has 17 heteroatoms. The van der Waals surface area contributed by atoms with Gasteiger partial charge in [-0.05, 0) is 27.7 Å². The van der Waals surface area contributed by atoms with E-state index >= 15 is 0 Å². The van der Waals surface area contributed by atoms with E-state index < -0.39 is 80.3 Å². The maximum absolute atomic E-state index is 9.60. The third kappa shape index (κ3) is 37.8. The molecule has 46 heavy (non-hydrogen) atoms. The Balaban J connectivity index is -0.000000115. The Morgan fingerprint density at radius 2 is 0.630 bits per heavy atom. The monoisotopic (exact) mass is 670 g/mol. The van der Waals surface area contributed by atoms with Crippen molar-refractivity contribution in [3.63, 3.8) is 0 Å². The van der Waals surface area contributed by atoms with Crippen LogP contribution in [0.4, 0.5) is 0 Å². The molecule has 0 aromatic carbocycles. The zero-order valence-corrected chi connectivity index (χ0v) is 26.6. The number of aliphatic carboxylic acids is 5. The number of carboxylic acid groups (broad SMARTS) is 5. The second-order valence-corrected chi connectivity index (χ2v) is 9.33. The zero-order valence-electron chi connectivity index (χ0n) is 26.6. The summed E-state index contributed by atoms with van der Waals surface area (Å²) in [5, 5.41) is 93.3. The molecule has 268 valence electrons. The fourth-order valence-corrected chi connectivity index (χ4v) is 1.06. The van der Waals surface area contributed by atoms with Crippen molar-refractivity contribution in [2.75, 3.05) is 52.9 Å². The number of carboxylic acids is 5. The zero-order chi connectivity index (χ0) is 38.3. The van der Waals surface area contributed by atoms with E-state index in [2.05, 4.69) is 32.9 Å². The highest BCUT2D eigenvalue weighted by Crippen LogP contribution is 2.19. The molecular formula is C29H50O17. The molecule has 0 rings (SSSR count). The number of hydrogen-bond acceptors (Lipinski definition) is 12. The van der Waals surface area contributed by atoms with E-state index in [-0.39, 0.29) is 35.5 Å². The lowest BCUT2D eigenvalue weighted by atomic mass is 9.91. The van der Waals surface area contributed by atoms with E-state index in [0.29, 0.717) is 0 Å². The Morgan fingerprint density at radius 3 is 0.696 bits per heavy atom. The fraction of sp³-hybridized carbons (Fsp3) is 0.483. The topological polar surface area (TPSA) is 317 Å². The van der Waals surface area contributed by atoms with Gasteiger partial charge in [0.1, 0.15) is 0 Å². The van der Waals surface area contributed by atoms with Crippen LogP contribution >= 0.6 is 0 Å². The van der Waals surface area contributed by atoms with Crippen LogP contribution < -0.4 is 0 Å². The summed E-state index contributed by atoms with van der Waals surface area (Å²) in [6, 6.07) is 0. The summed E-state index contributed by atoms with van der Waals surface area (Å²) in [6.07, 6.45) is 0.833. The molecule has 0 saturated carbocycles. The molecule has 0 unspecified atom stereocenters. The van der Waals surface area contributed by atoms with Gasteiger partial charge in [-0.2, -0.15) is 0 Å². The van der Waals surface area contributed by atoms with Crippen LogP contribution in [-0.2, 0) is 28.7 Å². The van der Waals surface area contributed by atoms with Crippen LogP contribution in [0.25, 0.3) is 0 Å². The van der Waals surface area contributed by atoms with Crippen molar-refractivity contribution in [3.05, 3.63) is 61.3 Å². The Bertz CT molecular complexity index is 794. The van der Waals surface area contributed by atoms with Gasteiger partial charge >= 0.3 is 29.8 Å². The Labute approximate surface area is 267 Å². The number of rotatable bonds is 15. The van der Waals surface area contributed by atoms with Gasteiger partial charge < -0.3 is 60.9 Å². The number of carbonyl (C=O) groups is 5. The molecule has 0 fully saturated rings. The van der Waals surface area contributed by atoms with Crippen molar-refractivity contribution >= 4 is 29.8 Å². The highest BCUT2D eigenvalue weighted by Gasteiger charge is 2.32. The number of ether oxygens (including phenoxy) is 1. The first kappa shape index (κ1) is 54.3. The summed E-state index contributed by atoms with van der Waals surface area (Å²) < 4.78 is 5.15. The van der Waals surface area contributed by atoms with Gasteiger partial charge in [0.05, 0.1) is 63.7 Å². The molecule has 0 saturated heterocycles. The van der Waals surface area contributed by atoms with Gasteiger partial charge in [0.15, 0.2) is 0 Å². The van der Waals surface area contributed by atoms with Crippen molar-refractivity contribution in [1.29, 1.82) is 0 Å². The highest BCUT2D eigenvalue weighted by atomic mass is 16.5. The summed E-state index contributed by atoms with van der Waals surface area (Å²) in [7, 11) is 0. The molecule has 0 heterocycles. The second kappa shape index (κ2) is 32.2. The number of aliphatic hydroxyl groups excluding tert-OH is 6. The van der Waals surface area contributed by atoms with E-state index in [1.807, 2.05) is 0 Å². The summed E-state index contributed by atoms with van der Waals surface area (Å²) in [5.74, 6) is -4.72. The average Bonchev–Trinajstić information content (AvgIpc) is 2.99. The third-order valence-corrected chi connectivity index (χ3v) is 4.46. The predicted octanol–water partition coefficient (Wildman–Crippen LogP) is -0.225. The lowest BCUT2D eigenvalue weighted by Gasteiger charge is -2.31. The molecule has 17 nitrogen and oxygen atoms in total. The molecule has 0 aliphatic rings. The molecule has 0 aromatic heterocycles. The fourth-order valence-electron chi connectivity index (χ4n) is 1.06. The minimum Gasteiger partial charge on any atom is -0.478 e. The van der Waals surface area contributed by atoms with Gasteiger partial charge in [-0.25, -0.2) is 24.0 Å². The minimum atomic E-state index is -1.16. The van der Waals surface area contributed by atoms with E-state index in [4.69, 9.17) is 60.9 Å². The molecule has 11 N–H and O–H groups in total. The third-order valence-electron chi connectivity index (χ3n) is 4.46. The van der Waals surface area contributed by atoms with Crippen LogP contribution in [0.1, 0.15) is 27.7 Å². The first-order valence-corrected chi connectivity index (χ1v) is 12.6. The van der Waals surface area contributed by atoms with Gasteiger partial charge in [-0.1, -0.05) is 32.9 Å². The van der Waals surface area contributed by atoms with Gasteiger partial charge in [-0.3, -0.25) is 0 Å². The van der Waals surface area contributed by atoms with Gasteiger partial charge in [0.25, 0.3) is 0 Å². The molecular weight excluding hydrogens is 620 g/mol. The molecule has 0 amide bonds. The summed E-state index contributed by atoms with van der Waals surface area (Å²) in [4.78, 5) is 47.6. The Hall–Kier alpha value is -4.23. The van der Waals surface area contributed by atoms with Crippen LogP contribution in [0, 0.1) is 10.8 Å². The standard InChI is InChI=1S/C10H22O7.4C4H6O2.C3H4O2/c11-1-9(2-12,3-13)7-17-8-10(4-14,5-15)6-16;4*1-3(2)4(5)6;1-2-3(4)5/h11-16H,1-8H2;4*1H2,2H3,(H,5,6);2H,1H2,(H,4,5). The van der Waals surface area contributed by atoms with E-state index in [0.717, 1.165) is 6.08 Å². The lowest BCUT2D eigenvalue weighted by molar-refractivity contribution is -0.133. The highest BCUT2D eigenvalue weighted by molar-refractivity contribution is 5.85. The first-order valence-electron chi connectivity index (χ1n) is 12.6. The predicted molar refractivity (Wildman–Crippen MR) is 166 cm³/mol. The maximum Gasteiger partial charge on any atom is 0.330 e. The Morgan fingerprint density at radius 1 is 0.500 bits per heavy atom. The van der Waals surface area contributed by atoms with Crippen molar-refractivity contribution in [1.82, 2.24) is 0 Å². The van der Waals surface area contributed by atoms with Crippen molar-refractivity contribution in [2.24, 2.45) is 10.8 Å². The van der Waals surface area contributed by atoms with Crippen LogP contribution in [-0.4, -0.2) is 139 Å². The molecule has 0 aliphatic carbocycles. The van der Waals surface area contributed by atoms with Gasteiger partial charge in [0.2, 0.25) is 0 Å². The maximum atomic E-state index is 9.60. The summed E-state index contributed by atoms with van der Waals surface area (Å²) in [6.45, 7) is 18.4. The molecule has 0 aliphatic heterocycles. The molecule has 0 aromatic rings. The van der Waals surface area contributed by atoms with Crippen molar-refractivity contribution in [2.45, 2.75) is 27.7 Å². The van der Waals surface area contributed by atoms with Crippen LogP contribution in [0.15, 0.2) is 61.3 Å². The summed E-state index contributed by atoms with van der Waals surface area (Å²) in [5.41, 5.74) is -1.62. The molecule has 0 radical (unpaired) electrons. The first-order chi connectivity index (χ1) is 20.9. The summed E-state index contributed by atoms with van der Waals surface area (Å²) >= 11 is 0. The van der Waals surface area contributed by atoms with E-state index in [1.165, 1.54) is 27.7 Å². The number of aliphatic hydroxyl groups is 6. The van der Waals surface area contributed by atoms with Crippen molar-refractivity contribution in [3.8, 4) is 0 Å². The van der Waals surface area contributed by atoms with Crippen LogP contribution in [0.5, 0.6) is 0 Å². The largest absolute Gasteiger partial charge is 0.478 e. The molecule has 0 atom stereocenters. The molecule has 0 bridgehead atoms. The normalized spacial score (nSPS) is 9.43. The lowest BCUT2D eigenvalue weighted by Crippen LogP contribution is -2.43.